The summed E-state index contributed by atoms with van der Waals surface area (Å²) >= 11 is 0. The number of halogens is 3. The molecule has 3 aromatic carbocycles. The zero-order valence-corrected chi connectivity index (χ0v) is 12.3. The fourth-order valence-corrected chi connectivity index (χ4v) is 3.53. The van der Waals surface area contributed by atoms with Crippen LogP contribution in [0.2, 0.25) is 0 Å². The molecule has 0 fully saturated rings. The van der Waals surface area contributed by atoms with Gasteiger partial charge in [-0.15, -0.1) is 0 Å². The van der Waals surface area contributed by atoms with E-state index < -0.39 is 11.7 Å². The van der Waals surface area contributed by atoms with Crippen LogP contribution in [0.4, 0.5) is 13.2 Å². The zero-order chi connectivity index (χ0) is 16.4. The average Bonchev–Trinajstić information content (AvgIpc) is 2.84. The maximum Gasteiger partial charge on any atom is 0.416 e. The molecule has 23 heavy (non-hydrogen) atoms. The highest BCUT2D eigenvalue weighted by molar-refractivity contribution is 6.06. The second-order valence-electron chi connectivity index (χ2n) is 5.98. The number of aromatic hydroxyl groups is 1. The summed E-state index contributed by atoms with van der Waals surface area (Å²) in [5.41, 5.74) is 3.87. The van der Waals surface area contributed by atoms with Gasteiger partial charge in [-0.05, 0) is 64.7 Å². The van der Waals surface area contributed by atoms with Gasteiger partial charge in [0, 0.05) is 5.39 Å². The molecule has 0 aliphatic heterocycles. The third kappa shape index (κ3) is 2.01. The summed E-state index contributed by atoms with van der Waals surface area (Å²) < 4.78 is 39.2. The van der Waals surface area contributed by atoms with Crippen LogP contribution in [0.1, 0.15) is 22.3 Å². The highest BCUT2D eigenvalue weighted by Gasteiger charge is 2.32. The molecular weight excluding hydrogens is 301 g/mol. The number of phenolic OH excluding ortho intramolecular Hbond substituents is 1. The molecular formula is C19H13F3O. The predicted molar refractivity (Wildman–Crippen MR) is 83.6 cm³/mol. The summed E-state index contributed by atoms with van der Waals surface area (Å²) in [5, 5.41) is 11.2. The van der Waals surface area contributed by atoms with Crippen molar-refractivity contribution in [3.63, 3.8) is 0 Å². The van der Waals surface area contributed by atoms with E-state index in [-0.39, 0.29) is 11.1 Å². The van der Waals surface area contributed by atoms with Crippen molar-refractivity contribution in [2.24, 2.45) is 0 Å². The molecule has 1 aliphatic carbocycles. The Morgan fingerprint density at radius 3 is 2.48 bits per heavy atom. The Balaban J connectivity index is 2.12. The van der Waals surface area contributed by atoms with Crippen molar-refractivity contribution in [3.05, 3.63) is 64.7 Å². The van der Waals surface area contributed by atoms with E-state index in [1.807, 2.05) is 24.3 Å². The van der Waals surface area contributed by atoms with Crippen LogP contribution >= 0.6 is 0 Å². The molecule has 4 heteroatoms. The monoisotopic (exact) mass is 314 g/mol. The first-order valence-corrected chi connectivity index (χ1v) is 7.31. The Labute approximate surface area is 131 Å². The van der Waals surface area contributed by atoms with E-state index in [0.29, 0.717) is 17.4 Å². The molecule has 1 nitrogen and oxygen atoms in total. The normalized spacial score (nSPS) is 13.2. The third-order valence-electron chi connectivity index (χ3n) is 4.49. The first-order chi connectivity index (χ1) is 10.9. The first-order valence-electron chi connectivity index (χ1n) is 7.31. The van der Waals surface area contributed by atoms with Crippen LogP contribution in [0.5, 0.6) is 5.75 Å². The van der Waals surface area contributed by atoms with Crippen LogP contribution in [-0.4, -0.2) is 5.11 Å². The van der Waals surface area contributed by atoms with Gasteiger partial charge >= 0.3 is 6.18 Å². The number of aryl methyl sites for hydroxylation is 1. The smallest absolute Gasteiger partial charge is 0.416 e. The van der Waals surface area contributed by atoms with E-state index in [9.17, 15) is 18.3 Å². The van der Waals surface area contributed by atoms with Crippen molar-refractivity contribution >= 4 is 10.8 Å². The van der Waals surface area contributed by atoms with E-state index >= 15 is 0 Å². The maximum absolute atomic E-state index is 13.1. The summed E-state index contributed by atoms with van der Waals surface area (Å²) in [6.45, 7) is 1.66. The number of alkyl halides is 3. The molecule has 0 saturated carbocycles. The van der Waals surface area contributed by atoms with E-state index in [0.717, 1.165) is 34.4 Å². The highest BCUT2D eigenvalue weighted by atomic mass is 19.4. The van der Waals surface area contributed by atoms with Gasteiger partial charge in [0.2, 0.25) is 0 Å². The number of benzene rings is 3. The number of fused-ring (bicyclic) bond motifs is 5. The highest BCUT2D eigenvalue weighted by Crippen LogP contribution is 2.46. The van der Waals surface area contributed by atoms with Gasteiger partial charge in [-0.2, -0.15) is 13.2 Å². The van der Waals surface area contributed by atoms with Crippen LogP contribution in [0.15, 0.2) is 42.5 Å². The van der Waals surface area contributed by atoms with Crippen LogP contribution in [0.3, 0.4) is 0 Å². The summed E-state index contributed by atoms with van der Waals surface area (Å²) in [6, 6.07) is 11.7. The Hall–Kier alpha value is -2.49. The van der Waals surface area contributed by atoms with Crippen LogP contribution in [0.25, 0.3) is 21.9 Å². The Kier molecular flexibility index (Phi) is 2.77. The third-order valence-corrected chi connectivity index (χ3v) is 4.49. The number of rotatable bonds is 0. The van der Waals surface area contributed by atoms with Crippen LogP contribution in [-0.2, 0) is 12.6 Å². The lowest BCUT2D eigenvalue weighted by molar-refractivity contribution is -0.137. The second kappa shape index (κ2) is 4.51. The van der Waals surface area contributed by atoms with Crippen molar-refractivity contribution in [2.45, 2.75) is 19.5 Å². The predicted octanol–water partition coefficient (Wildman–Crippen LogP) is 5.44. The quantitative estimate of drug-likeness (QED) is 0.458. The van der Waals surface area contributed by atoms with E-state index in [1.165, 1.54) is 0 Å². The Bertz CT molecular complexity index is 955. The Morgan fingerprint density at radius 1 is 1.00 bits per heavy atom. The molecule has 0 atom stereocenters. The molecule has 116 valence electrons. The van der Waals surface area contributed by atoms with Gasteiger partial charge in [0.25, 0.3) is 0 Å². The summed E-state index contributed by atoms with van der Waals surface area (Å²) in [6.07, 6.45) is -3.74. The minimum atomic E-state index is -4.43. The number of hydrogen-bond acceptors (Lipinski definition) is 1. The molecule has 1 aliphatic rings. The summed E-state index contributed by atoms with van der Waals surface area (Å²) in [5.74, 6) is -0.0965. The van der Waals surface area contributed by atoms with Gasteiger partial charge in [0.15, 0.2) is 0 Å². The molecule has 0 spiro atoms. The van der Waals surface area contributed by atoms with Crippen molar-refractivity contribution < 1.29 is 18.3 Å². The largest absolute Gasteiger partial charge is 0.507 e. The molecule has 3 aromatic rings. The summed E-state index contributed by atoms with van der Waals surface area (Å²) in [7, 11) is 0. The summed E-state index contributed by atoms with van der Waals surface area (Å²) in [4.78, 5) is 0. The fraction of sp³-hybridized carbons (Fsp3) is 0.158. The first kappa shape index (κ1) is 14.1. The number of hydrogen-bond donors (Lipinski definition) is 1. The minimum Gasteiger partial charge on any atom is -0.507 e. The SMILES string of the molecule is Cc1cc(C(F)(F)F)cc2c(O)cc3c(c12)-c1ccccc1C3. The van der Waals surface area contributed by atoms with Gasteiger partial charge in [0.05, 0.1) is 5.56 Å². The maximum atomic E-state index is 13.1. The lowest BCUT2D eigenvalue weighted by Gasteiger charge is -2.15. The molecule has 0 bridgehead atoms. The van der Waals surface area contributed by atoms with Crippen molar-refractivity contribution in [3.8, 4) is 16.9 Å². The van der Waals surface area contributed by atoms with E-state index in [1.54, 1.807) is 13.0 Å². The standard InChI is InChI=1S/C19H13F3O/c1-10-6-13(19(20,21)22)9-15-16(23)8-12-7-11-4-2-3-5-14(11)18(12)17(10)15/h2-6,8-9,23H,7H2,1H3. The molecule has 0 unspecified atom stereocenters. The van der Waals surface area contributed by atoms with Gasteiger partial charge in [-0.3, -0.25) is 0 Å². The lowest BCUT2D eigenvalue weighted by Crippen LogP contribution is -2.05. The fourth-order valence-electron chi connectivity index (χ4n) is 3.53. The Morgan fingerprint density at radius 2 is 1.74 bits per heavy atom. The minimum absolute atomic E-state index is 0.0965. The van der Waals surface area contributed by atoms with Crippen molar-refractivity contribution in [1.29, 1.82) is 0 Å². The molecule has 0 saturated heterocycles. The topological polar surface area (TPSA) is 20.2 Å². The molecule has 0 radical (unpaired) electrons. The molecule has 1 N–H and O–H groups in total. The van der Waals surface area contributed by atoms with E-state index in [2.05, 4.69) is 0 Å². The van der Waals surface area contributed by atoms with Crippen molar-refractivity contribution in [1.82, 2.24) is 0 Å². The van der Waals surface area contributed by atoms with E-state index in [4.69, 9.17) is 0 Å². The van der Waals surface area contributed by atoms with Crippen LogP contribution in [0, 0.1) is 6.92 Å². The van der Waals surface area contributed by atoms with Gasteiger partial charge in [-0.1, -0.05) is 24.3 Å². The van der Waals surface area contributed by atoms with Gasteiger partial charge < -0.3 is 5.11 Å². The molecule has 0 aromatic heterocycles. The molecule has 4 rings (SSSR count). The number of phenols is 1. The lowest BCUT2D eigenvalue weighted by atomic mass is 9.92. The second-order valence-corrected chi connectivity index (χ2v) is 5.98. The van der Waals surface area contributed by atoms with Crippen LogP contribution < -0.4 is 0 Å². The zero-order valence-electron chi connectivity index (χ0n) is 12.3. The molecule has 0 amide bonds. The molecule has 0 heterocycles. The van der Waals surface area contributed by atoms with Gasteiger partial charge in [0.1, 0.15) is 5.75 Å². The van der Waals surface area contributed by atoms with Crippen molar-refractivity contribution in [2.75, 3.05) is 0 Å². The average molecular weight is 314 g/mol. The van der Waals surface area contributed by atoms with Gasteiger partial charge in [-0.25, -0.2) is 0 Å².